The predicted molar refractivity (Wildman–Crippen MR) is 108 cm³/mol. The van der Waals surface area contributed by atoms with E-state index < -0.39 is 0 Å². The lowest BCUT2D eigenvalue weighted by Crippen LogP contribution is -2.38. The number of amides is 1. The summed E-state index contributed by atoms with van der Waals surface area (Å²) in [5.74, 6) is 1.40. The number of likely N-dealkylation sites (tertiary alicyclic amines) is 1. The van der Waals surface area contributed by atoms with Gasteiger partial charge < -0.3 is 9.88 Å². The van der Waals surface area contributed by atoms with E-state index in [9.17, 15) is 4.79 Å². The van der Waals surface area contributed by atoms with Crippen LogP contribution in [0.15, 0.2) is 60.7 Å². The van der Waals surface area contributed by atoms with Crippen molar-refractivity contribution < 1.29 is 4.79 Å². The largest absolute Gasteiger partial charge is 0.342 e. The molecule has 0 aliphatic carbocycles. The van der Waals surface area contributed by atoms with Gasteiger partial charge in [-0.05, 0) is 31.0 Å². The van der Waals surface area contributed by atoms with E-state index in [2.05, 4.69) is 15.2 Å². The van der Waals surface area contributed by atoms with Gasteiger partial charge in [-0.1, -0.05) is 42.5 Å². The Balaban J connectivity index is 1.26. The van der Waals surface area contributed by atoms with Gasteiger partial charge in [-0.15, -0.1) is 0 Å². The van der Waals surface area contributed by atoms with Crippen LogP contribution in [0, 0.1) is 0 Å². The van der Waals surface area contributed by atoms with Crippen LogP contribution >= 0.6 is 0 Å². The lowest BCUT2D eigenvalue weighted by Gasteiger charge is -2.30. The molecular formula is C22H21N5O. The third kappa shape index (κ3) is 3.07. The third-order valence-electron chi connectivity index (χ3n) is 5.45. The molecule has 2 aromatic carbocycles. The molecule has 2 aromatic heterocycles. The number of fused-ring (bicyclic) bond motifs is 1. The second-order valence-corrected chi connectivity index (χ2v) is 7.24. The number of carbonyl (C=O) groups is 1. The Kier molecular flexibility index (Phi) is 4.16. The summed E-state index contributed by atoms with van der Waals surface area (Å²) < 4.78 is 0. The standard InChI is InChI=1S/C22H21N5O/c28-22(20-14-19(25-26-20)15-6-2-1-3-7-15)27-12-10-16(11-13-27)21-23-17-8-4-5-9-18(17)24-21/h1-9,14,16H,10-13H2,(H,23,24)(H,25,26). The van der Waals surface area contributed by atoms with Crippen LogP contribution in [0.2, 0.25) is 0 Å². The Hall–Kier alpha value is -3.41. The number of hydrogen-bond donors (Lipinski definition) is 2. The first-order valence-electron chi connectivity index (χ1n) is 9.63. The van der Waals surface area contributed by atoms with Crippen LogP contribution < -0.4 is 0 Å². The highest BCUT2D eigenvalue weighted by molar-refractivity contribution is 5.93. The molecule has 0 saturated carbocycles. The summed E-state index contributed by atoms with van der Waals surface area (Å²) in [7, 11) is 0. The minimum absolute atomic E-state index is 0.0118. The monoisotopic (exact) mass is 371 g/mol. The molecule has 2 N–H and O–H groups in total. The SMILES string of the molecule is O=C(c1cc(-c2ccccc2)n[nH]1)N1CCC(c2nc3ccccc3[nH]2)CC1. The van der Waals surface area contributed by atoms with E-state index in [0.717, 1.165) is 54.0 Å². The topological polar surface area (TPSA) is 77.7 Å². The Morgan fingerprint density at radius 2 is 1.75 bits per heavy atom. The minimum Gasteiger partial charge on any atom is -0.342 e. The molecule has 4 aromatic rings. The maximum absolute atomic E-state index is 12.9. The number of carbonyl (C=O) groups excluding carboxylic acids is 1. The first kappa shape index (κ1) is 16.7. The summed E-state index contributed by atoms with van der Waals surface area (Å²) in [6.07, 6.45) is 1.82. The number of piperidine rings is 1. The summed E-state index contributed by atoms with van der Waals surface area (Å²) in [4.78, 5) is 22.9. The van der Waals surface area contributed by atoms with Gasteiger partial charge in [-0.2, -0.15) is 5.10 Å². The molecule has 1 aliphatic rings. The molecule has 6 heteroatoms. The van der Waals surface area contributed by atoms with Gasteiger partial charge in [0.25, 0.3) is 5.91 Å². The van der Waals surface area contributed by atoms with E-state index in [4.69, 9.17) is 4.98 Å². The lowest BCUT2D eigenvalue weighted by atomic mass is 9.96. The minimum atomic E-state index is 0.0118. The summed E-state index contributed by atoms with van der Waals surface area (Å²) in [6.45, 7) is 1.44. The van der Waals surface area contributed by atoms with E-state index in [1.165, 1.54) is 0 Å². The van der Waals surface area contributed by atoms with E-state index in [-0.39, 0.29) is 5.91 Å². The molecule has 1 saturated heterocycles. The Labute approximate surface area is 162 Å². The van der Waals surface area contributed by atoms with Crippen LogP contribution in [0.5, 0.6) is 0 Å². The van der Waals surface area contributed by atoms with Crippen LogP contribution in [0.4, 0.5) is 0 Å². The molecule has 0 spiro atoms. The van der Waals surface area contributed by atoms with Gasteiger partial charge >= 0.3 is 0 Å². The van der Waals surface area contributed by atoms with Crippen molar-refractivity contribution in [1.29, 1.82) is 0 Å². The van der Waals surface area contributed by atoms with Crippen molar-refractivity contribution in [3.8, 4) is 11.3 Å². The number of H-pyrrole nitrogens is 2. The number of para-hydroxylation sites is 2. The van der Waals surface area contributed by atoms with Crippen LogP contribution in [0.25, 0.3) is 22.3 Å². The maximum atomic E-state index is 12.9. The molecule has 0 bridgehead atoms. The predicted octanol–water partition coefficient (Wildman–Crippen LogP) is 3.97. The molecule has 1 aliphatic heterocycles. The van der Waals surface area contributed by atoms with Gasteiger partial charge in [0, 0.05) is 24.6 Å². The number of aromatic amines is 2. The fourth-order valence-corrected chi connectivity index (χ4v) is 3.88. The quantitative estimate of drug-likeness (QED) is 0.572. The number of aromatic nitrogens is 4. The molecule has 0 atom stereocenters. The number of nitrogens with zero attached hydrogens (tertiary/aromatic N) is 3. The Morgan fingerprint density at radius 3 is 2.54 bits per heavy atom. The van der Waals surface area contributed by atoms with Crippen LogP contribution in [-0.4, -0.2) is 44.1 Å². The Morgan fingerprint density at radius 1 is 1.00 bits per heavy atom. The van der Waals surface area contributed by atoms with Gasteiger partial charge in [0.15, 0.2) is 0 Å². The van der Waals surface area contributed by atoms with Gasteiger partial charge in [0.2, 0.25) is 0 Å². The molecule has 0 radical (unpaired) electrons. The molecule has 3 heterocycles. The highest BCUT2D eigenvalue weighted by Crippen LogP contribution is 2.28. The van der Waals surface area contributed by atoms with Crippen molar-refractivity contribution in [2.75, 3.05) is 13.1 Å². The smallest absolute Gasteiger partial charge is 0.271 e. The lowest BCUT2D eigenvalue weighted by molar-refractivity contribution is 0.0705. The molecule has 1 fully saturated rings. The molecule has 6 nitrogen and oxygen atoms in total. The highest BCUT2D eigenvalue weighted by Gasteiger charge is 2.27. The first-order chi connectivity index (χ1) is 13.8. The second kappa shape index (κ2) is 6.96. The van der Waals surface area contributed by atoms with Crippen LogP contribution in [0.3, 0.4) is 0 Å². The highest BCUT2D eigenvalue weighted by atomic mass is 16.2. The normalized spacial score (nSPS) is 15.2. The maximum Gasteiger partial charge on any atom is 0.271 e. The van der Waals surface area contributed by atoms with Crippen molar-refractivity contribution in [1.82, 2.24) is 25.1 Å². The van der Waals surface area contributed by atoms with Gasteiger partial charge in [0.1, 0.15) is 11.5 Å². The average molecular weight is 371 g/mol. The van der Waals surface area contributed by atoms with Gasteiger partial charge in [-0.25, -0.2) is 4.98 Å². The summed E-state index contributed by atoms with van der Waals surface area (Å²) in [6, 6.07) is 19.8. The van der Waals surface area contributed by atoms with Crippen molar-refractivity contribution in [2.45, 2.75) is 18.8 Å². The molecule has 28 heavy (non-hydrogen) atoms. The van der Waals surface area contributed by atoms with Crippen molar-refractivity contribution in [3.05, 3.63) is 72.2 Å². The molecule has 5 rings (SSSR count). The Bertz CT molecular complexity index is 1070. The van der Waals surface area contributed by atoms with Gasteiger partial charge in [0.05, 0.1) is 16.7 Å². The zero-order valence-electron chi connectivity index (χ0n) is 15.4. The zero-order chi connectivity index (χ0) is 18.9. The fraction of sp³-hybridized carbons (Fsp3) is 0.227. The van der Waals surface area contributed by atoms with Crippen LogP contribution in [-0.2, 0) is 0 Å². The number of rotatable bonds is 3. The van der Waals surface area contributed by atoms with Crippen LogP contribution in [0.1, 0.15) is 35.1 Å². The second-order valence-electron chi connectivity index (χ2n) is 7.24. The first-order valence-corrected chi connectivity index (χ1v) is 9.63. The number of nitrogens with one attached hydrogen (secondary N) is 2. The molecular weight excluding hydrogens is 350 g/mol. The summed E-state index contributed by atoms with van der Waals surface area (Å²) in [5, 5.41) is 7.20. The van der Waals surface area contributed by atoms with Crippen molar-refractivity contribution >= 4 is 16.9 Å². The van der Waals surface area contributed by atoms with E-state index in [1.807, 2.05) is 65.6 Å². The number of imidazole rings is 1. The van der Waals surface area contributed by atoms with Crippen molar-refractivity contribution in [2.24, 2.45) is 0 Å². The molecule has 0 unspecified atom stereocenters. The zero-order valence-corrected chi connectivity index (χ0v) is 15.4. The van der Waals surface area contributed by atoms with E-state index >= 15 is 0 Å². The fourth-order valence-electron chi connectivity index (χ4n) is 3.88. The third-order valence-corrected chi connectivity index (χ3v) is 5.45. The molecule has 1 amide bonds. The number of hydrogen-bond acceptors (Lipinski definition) is 3. The van der Waals surface area contributed by atoms with E-state index in [1.54, 1.807) is 0 Å². The van der Waals surface area contributed by atoms with Crippen molar-refractivity contribution in [3.63, 3.8) is 0 Å². The van der Waals surface area contributed by atoms with E-state index in [0.29, 0.717) is 11.6 Å². The average Bonchev–Trinajstić information content (AvgIpc) is 3.41. The number of benzene rings is 2. The van der Waals surface area contributed by atoms with Gasteiger partial charge in [-0.3, -0.25) is 9.89 Å². The summed E-state index contributed by atoms with van der Waals surface area (Å²) in [5.41, 5.74) is 4.41. The molecule has 140 valence electrons. The summed E-state index contributed by atoms with van der Waals surface area (Å²) >= 11 is 0.